The fraction of sp³-hybridized carbons (Fsp3) is 0.213. The van der Waals surface area contributed by atoms with E-state index < -0.39 is 63.5 Å². The van der Waals surface area contributed by atoms with Crippen LogP contribution in [0.5, 0.6) is 17.2 Å². The fourth-order valence-corrected chi connectivity index (χ4v) is 14.1. The molecule has 0 atom stereocenters. The Balaban J connectivity index is 0.000000784. The Kier molecular flexibility index (Phi) is 64.0. The van der Waals surface area contributed by atoms with Crippen LogP contribution in [0.4, 0.5) is 52.7 Å². The molecule has 0 aliphatic carbocycles. The van der Waals surface area contributed by atoms with E-state index >= 15 is 0 Å². The van der Waals surface area contributed by atoms with Crippen LogP contribution in [0.25, 0.3) is 0 Å². The number of aliphatic imine (C=N–C) groups is 10. The average molecular weight is 2260 g/mol. The molecule has 0 aliphatic heterocycles. The van der Waals surface area contributed by atoms with Crippen molar-refractivity contribution in [1.29, 1.82) is 0 Å². The third kappa shape index (κ3) is 64.6. The van der Waals surface area contributed by atoms with Gasteiger partial charge in [0.25, 0.3) is 0 Å². The van der Waals surface area contributed by atoms with Crippen LogP contribution >= 0.6 is 157 Å². The van der Waals surface area contributed by atoms with Crippen LogP contribution in [-0.2, 0) is 105 Å². The molecule has 0 aliphatic rings. The van der Waals surface area contributed by atoms with Crippen molar-refractivity contribution >= 4 is 249 Å². The number of benzene rings is 10. The lowest BCUT2D eigenvalue weighted by atomic mass is 10.2. The lowest BCUT2D eigenvalue weighted by Gasteiger charge is -2.08. The average Bonchev–Trinajstić information content (AvgIpc) is 0.855. The van der Waals surface area contributed by atoms with Gasteiger partial charge in [-0.05, 0) is 336 Å². The zero-order valence-corrected chi connectivity index (χ0v) is 87.6. The first-order valence-corrected chi connectivity index (χ1v) is 52.0. The van der Waals surface area contributed by atoms with Gasteiger partial charge in [-0.3, -0.25) is 0 Å². The molecule has 141 heavy (non-hydrogen) atoms. The van der Waals surface area contributed by atoms with Gasteiger partial charge in [0.15, 0.2) is 19.7 Å². The second-order valence-corrected chi connectivity index (χ2v) is 38.4. The zero-order valence-electron chi connectivity index (χ0n) is 73.7. The number of hydrogen-bond acceptors (Lipinski definition) is 34. The van der Waals surface area contributed by atoms with Crippen LogP contribution in [0.1, 0.15) is 55.6 Å². The maximum Gasteiger partial charge on any atom is 0.573 e. The number of methoxy groups -OCH3 is 1. The van der Waals surface area contributed by atoms with Gasteiger partial charge in [-0.1, -0.05) is 121 Å². The van der Waals surface area contributed by atoms with Crippen molar-refractivity contribution in [3.63, 3.8) is 0 Å². The van der Waals surface area contributed by atoms with Crippen LogP contribution in [-0.4, -0.2) is 142 Å². The van der Waals surface area contributed by atoms with E-state index in [1.54, 1.807) is 122 Å². The standard InChI is InChI=1S/2C9H6F3NOS.2C9H6F3NS2.C9H10N2O2S2.2C9H9NO2S2.C9H9NOS.C9H9NS2.C8H8N2O2S2/c10-9(11,12)14-8-3-1-7(2-4-8)5-13-6-15;10-9(11,12)14-8-3-1-2-7(4-8)5-13-6-15;10-9(11,12)15-8-3-1-7(2-4-8)5-13-6-14;10-9(11,12)15-8-3-1-2-7(4-8)5-13-6-14;1-10-15(12,13)9-4-2-8(3-5-9)6-11-7-14;2*1-14(11,12)9-4-2-8(3-5-9)6-10-7-13;1-11-9-4-2-3-8(5-9)6-10-7-12;1-12-9-4-2-8(3-5-9)6-10-7-11;9-14(11,12)8-3-1-7(2-4-8)5-10-6-13/h4*1-4H,5H2;2-5,10H,6H2,1H3;2*2-5H,6H2,1H3;2*2-5H,6H2,1H3;1-4H,5H2,(H2,9,11,12). The normalized spacial score (nSPS) is 10.4. The Labute approximate surface area is 872 Å². The van der Waals surface area contributed by atoms with Crippen LogP contribution in [0.2, 0.25) is 0 Å². The Morgan fingerprint density at radius 3 is 0.816 bits per heavy atom. The Hall–Kier alpha value is -10.5. The van der Waals surface area contributed by atoms with E-state index in [1.807, 2.05) is 24.3 Å². The molecule has 0 saturated heterocycles. The maximum absolute atomic E-state index is 12.0. The molecule has 52 heteroatoms. The summed E-state index contributed by atoms with van der Waals surface area (Å²) in [5.41, 5.74) is 0.120. The number of halogens is 12. The summed E-state index contributed by atoms with van der Waals surface area (Å²) in [5.74, 6) is 0.323. The highest BCUT2D eigenvalue weighted by atomic mass is 32.2. The highest BCUT2D eigenvalue weighted by molar-refractivity contribution is 8.00. The van der Waals surface area contributed by atoms with Gasteiger partial charge >= 0.3 is 23.7 Å². The number of alkyl halides is 12. The number of nitrogens with two attached hydrogens (primary N) is 1. The molecule has 0 fully saturated rings. The molecule has 10 rings (SSSR count). The minimum absolute atomic E-state index is 0.0904. The number of nitrogens with zero attached hydrogens (tertiary/aromatic N) is 10. The molecule has 0 heterocycles. The van der Waals surface area contributed by atoms with Gasteiger partial charge in [0.1, 0.15) is 17.2 Å². The summed E-state index contributed by atoms with van der Waals surface area (Å²) < 4.78 is 247. The SMILES string of the molecule is CNS(=O)(=O)c1ccc(CN=C=S)cc1.COc1cccc(CN=C=S)c1.CS(=O)(=O)c1ccc(CN=C=S)cc1.CS(=O)(=O)c1ccc(CN=C=S)cc1.CSc1ccc(CN=C=S)cc1.FC(F)(F)Oc1ccc(CN=C=S)cc1.FC(F)(F)Oc1cccc(CN=C=S)c1.FC(F)(F)Sc1ccc(CN=C=S)cc1.FC(F)(F)Sc1cccc(CN=C=S)c1.NS(=O)(=O)c1ccc(CN=C=S)cc1. The topological polar surface area (TPSA) is 326 Å². The minimum Gasteiger partial charge on any atom is -0.497 e. The highest BCUT2D eigenvalue weighted by Gasteiger charge is 2.33. The second-order valence-electron chi connectivity index (χ2n) is 25.9. The number of thioether (sulfide) groups is 3. The molecular weight excluding hydrogens is 2190 g/mol. The molecule has 0 bridgehead atoms. The lowest BCUT2D eigenvalue weighted by Crippen LogP contribution is -2.18. The van der Waals surface area contributed by atoms with Gasteiger partial charge in [0, 0.05) is 27.2 Å². The fourth-order valence-electron chi connectivity index (χ4n) is 9.37. The van der Waals surface area contributed by atoms with E-state index in [4.69, 9.17) is 9.88 Å². The molecule has 23 nitrogen and oxygen atoms in total. The third-order valence-corrected chi connectivity index (χ3v) is 23.7. The number of hydrogen-bond donors (Lipinski definition) is 2. The van der Waals surface area contributed by atoms with Gasteiger partial charge in [-0.25, -0.2) is 93.5 Å². The molecule has 0 amide bonds. The van der Waals surface area contributed by atoms with Crippen molar-refractivity contribution in [3.8, 4) is 17.2 Å². The number of isothiocyanates is 10. The predicted molar refractivity (Wildman–Crippen MR) is 561 cm³/mol. The van der Waals surface area contributed by atoms with E-state index in [1.165, 1.54) is 121 Å². The molecule has 0 spiro atoms. The first-order chi connectivity index (χ1) is 66.5. The van der Waals surface area contributed by atoms with E-state index in [0.717, 1.165) is 44.7 Å². The summed E-state index contributed by atoms with van der Waals surface area (Å²) in [6, 6.07) is 64.7. The van der Waals surface area contributed by atoms with Crippen molar-refractivity contribution in [2.45, 2.75) is 123 Å². The van der Waals surface area contributed by atoms with E-state index in [2.05, 4.69) is 268 Å². The quantitative estimate of drug-likeness (QED) is 0.0176. The van der Waals surface area contributed by atoms with Gasteiger partial charge in [-0.15, -0.1) is 38.1 Å². The van der Waals surface area contributed by atoms with Crippen LogP contribution in [0.3, 0.4) is 0 Å². The molecule has 10 aromatic carbocycles. The highest BCUT2D eigenvalue weighted by Crippen LogP contribution is 2.38. The van der Waals surface area contributed by atoms with Crippen LogP contribution in [0, 0.1) is 0 Å². The molecule has 0 saturated carbocycles. The largest absolute Gasteiger partial charge is 0.573 e. The van der Waals surface area contributed by atoms with E-state index in [-0.39, 0.29) is 67.7 Å². The smallest absolute Gasteiger partial charge is 0.497 e. The third-order valence-electron chi connectivity index (χ3n) is 15.6. The molecule has 0 aromatic heterocycles. The summed E-state index contributed by atoms with van der Waals surface area (Å²) in [6.45, 7) is 4.00. The summed E-state index contributed by atoms with van der Waals surface area (Å²) in [4.78, 5) is 39.8. The monoisotopic (exact) mass is 2260 g/mol. The van der Waals surface area contributed by atoms with Crippen molar-refractivity contribution in [2.75, 3.05) is 32.9 Å². The minimum atomic E-state index is -4.67. The van der Waals surface area contributed by atoms with Gasteiger partial charge in [0.2, 0.25) is 20.0 Å². The van der Waals surface area contributed by atoms with Crippen molar-refractivity contribution in [1.82, 2.24) is 4.72 Å². The molecule has 746 valence electrons. The Bertz CT molecular complexity index is 6230. The van der Waals surface area contributed by atoms with Crippen molar-refractivity contribution in [2.24, 2.45) is 55.1 Å². The van der Waals surface area contributed by atoms with Crippen LogP contribution < -0.4 is 24.1 Å². The molecule has 0 unspecified atom stereocenters. The van der Waals surface area contributed by atoms with Crippen molar-refractivity contribution < 1.29 is 101 Å². The number of sulfonamides is 2. The number of sulfone groups is 2. The van der Waals surface area contributed by atoms with E-state index in [9.17, 15) is 86.4 Å². The number of ether oxygens (including phenoxy) is 3. The first kappa shape index (κ1) is 129. The summed E-state index contributed by atoms with van der Waals surface area (Å²) in [6.07, 6.45) is -4.92. The van der Waals surface area contributed by atoms with Gasteiger partial charge in [0.05, 0.1) is 144 Å². The number of rotatable bonds is 31. The number of nitrogens with one attached hydrogen (secondary N) is 1. The second kappa shape index (κ2) is 70.2. The first-order valence-electron chi connectivity index (χ1n) is 38.2. The number of thiocarbonyl (C=S) groups is 10. The summed E-state index contributed by atoms with van der Waals surface area (Å²) >= 11 is 45.5. The predicted octanol–water partition coefficient (Wildman–Crippen LogP) is 25.0. The summed E-state index contributed by atoms with van der Waals surface area (Å²) in [7, 11) is -10.2. The van der Waals surface area contributed by atoms with Crippen molar-refractivity contribution in [3.05, 3.63) is 298 Å². The molecule has 0 radical (unpaired) electrons. The molecule has 3 N–H and O–H groups in total. The van der Waals surface area contributed by atoms with E-state index in [0.29, 0.717) is 73.3 Å². The zero-order chi connectivity index (χ0) is 106. The molecule has 10 aromatic rings. The summed E-state index contributed by atoms with van der Waals surface area (Å²) in [5, 5.41) is 27.2. The van der Waals surface area contributed by atoms with Crippen LogP contribution in [0.15, 0.2) is 327 Å². The maximum atomic E-state index is 12.0. The number of primary sulfonamides is 1. The van der Waals surface area contributed by atoms with Gasteiger partial charge < -0.3 is 14.2 Å². The van der Waals surface area contributed by atoms with Gasteiger partial charge in [-0.2, -0.15) is 26.3 Å². The lowest BCUT2D eigenvalue weighted by molar-refractivity contribution is -0.275. The Morgan fingerprint density at radius 2 is 0.546 bits per heavy atom. The molecular formula is C89H78F12N12O11S17. The Morgan fingerprint density at radius 1 is 0.305 bits per heavy atom.